The Labute approximate surface area is 152 Å². The summed E-state index contributed by atoms with van der Waals surface area (Å²) < 4.78 is 28.7. The molecule has 0 unspecified atom stereocenters. The smallest absolute Gasteiger partial charge is 0.229 e. The number of sulfonamides is 1. The number of aromatic nitrogens is 2. The van der Waals surface area contributed by atoms with Crippen LogP contribution in [0.4, 0.5) is 0 Å². The van der Waals surface area contributed by atoms with Crippen molar-refractivity contribution in [3.63, 3.8) is 0 Å². The van der Waals surface area contributed by atoms with Gasteiger partial charge in [0.2, 0.25) is 21.8 Å². The molecule has 0 atom stereocenters. The minimum Gasteiger partial charge on any atom is -0.332 e. The van der Waals surface area contributed by atoms with Crippen LogP contribution >= 0.6 is 0 Å². The topological polar surface area (TPSA) is 101 Å². The molecule has 9 heteroatoms. The van der Waals surface area contributed by atoms with Gasteiger partial charge in [-0.15, -0.1) is 0 Å². The molecule has 1 N–H and O–H groups in total. The van der Waals surface area contributed by atoms with Gasteiger partial charge >= 0.3 is 0 Å². The van der Waals surface area contributed by atoms with Gasteiger partial charge in [-0.2, -0.15) is 0 Å². The molecule has 0 spiro atoms. The molecule has 0 aromatic carbocycles. The number of aryl methyl sites for hydroxylation is 1. The maximum Gasteiger partial charge on any atom is 0.229 e. The molecule has 26 heavy (non-hydrogen) atoms. The Kier molecular flexibility index (Phi) is 5.67. The third kappa shape index (κ3) is 4.47. The number of hydrogen-bond acceptors (Lipinski definition) is 5. The summed E-state index contributed by atoms with van der Waals surface area (Å²) in [6.07, 6.45) is 5.42. The number of hydrogen-bond donors (Lipinski definition) is 1. The van der Waals surface area contributed by atoms with E-state index in [-0.39, 0.29) is 30.7 Å². The normalized spacial score (nSPS) is 15.8. The van der Waals surface area contributed by atoms with E-state index in [0.717, 1.165) is 15.9 Å². The molecule has 0 radical (unpaired) electrons. The lowest BCUT2D eigenvalue weighted by molar-refractivity contribution is -0.147. The molecule has 8 nitrogen and oxygen atoms in total. The lowest BCUT2D eigenvalue weighted by Crippen LogP contribution is -2.44. The molecule has 1 fully saturated rings. The SMILES string of the molecule is O=C1CCCC(=O)N1CCS(=O)(=O)NCCCn1ccc2cccnc21. The van der Waals surface area contributed by atoms with Crippen LogP contribution in [-0.2, 0) is 26.2 Å². The van der Waals surface area contributed by atoms with E-state index in [4.69, 9.17) is 0 Å². The number of pyridine rings is 1. The molecule has 1 saturated heterocycles. The minimum absolute atomic E-state index is 0.0842. The molecular weight excluding hydrogens is 356 g/mol. The van der Waals surface area contributed by atoms with Crippen LogP contribution in [0, 0.1) is 0 Å². The fourth-order valence-corrected chi connectivity index (χ4v) is 4.03. The zero-order valence-electron chi connectivity index (χ0n) is 14.4. The fourth-order valence-electron chi connectivity index (χ4n) is 3.01. The van der Waals surface area contributed by atoms with Crippen LogP contribution < -0.4 is 4.72 Å². The van der Waals surface area contributed by atoms with Crippen LogP contribution in [0.1, 0.15) is 25.7 Å². The second-order valence-corrected chi connectivity index (χ2v) is 8.21. The van der Waals surface area contributed by atoms with E-state index in [0.29, 0.717) is 32.2 Å². The van der Waals surface area contributed by atoms with Gasteiger partial charge < -0.3 is 4.57 Å². The van der Waals surface area contributed by atoms with Gasteiger partial charge in [-0.1, -0.05) is 0 Å². The van der Waals surface area contributed by atoms with E-state index in [9.17, 15) is 18.0 Å². The van der Waals surface area contributed by atoms with Crippen molar-refractivity contribution in [1.29, 1.82) is 0 Å². The van der Waals surface area contributed by atoms with Gasteiger partial charge in [-0.05, 0) is 31.0 Å². The summed E-state index contributed by atoms with van der Waals surface area (Å²) in [6.45, 7) is 0.849. The first-order chi connectivity index (χ1) is 12.5. The van der Waals surface area contributed by atoms with Gasteiger partial charge in [0.15, 0.2) is 0 Å². The van der Waals surface area contributed by atoms with Gasteiger partial charge in [-0.25, -0.2) is 18.1 Å². The number of nitrogens with one attached hydrogen (secondary N) is 1. The van der Waals surface area contributed by atoms with Gasteiger partial charge in [0.05, 0.1) is 5.75 Å². The second-order valence-electron chi connectivity index (χ2n) is 6.28. The quantitative estimate of drug-likeness (QED) is 0.543. The number of amides is 2. The number of carbonyl (C=O) groups is 2. The summed E-state index contributed by atoms with van der Waals surface area (Å²) in [4.78, 5) is 28.8. The van der Waals surface area contributed by atoms with E-state index in [1.54, 1.807) is 6.20 Å². The Bertz CT molecular complexity index is 890. The molecule has 2 aromatic rings. The Morgan fingerprint density at radius 2 is 1.88 bits per heavy atom. The van der Waals surface area contributed by atoms with Crippen molar-refractivity contribution in [2.45, 2.75) is 32.2 Å². The number of carbonyl (C=O) groups excluding carboxylic acids is 2. The van der Waals surface area contributed by atoms with E-state index < -0.39 is 10.0 Å². The molecular formula is C17H22N4O4S. The predicted molar refractivity (Wildman–Crippen MR) is 96.7 cm³/mol. The third-order valence-electron chi connectivity index (χ3n) is 4.39. The maximum atomic E-state index is 12.1. The molecule has 1 aliphatic rings. The number of imide groups is 1. The molecule has 2 amide bonds. The zero-order valence-corrected chi connectivity index (χ0v) is 15.2. The highest BCUT2D eigenvalue weighted by atomic mass is 32.2. The monoisotopic (exact) mass is 378 g/mol. The van der Waals surface area contributed by atoms with Crippen LogP contribution in [-0.4, -0.2) is 53.5 Å². The van der Waals surface area contributed by atoms with Crippen molar-refractivity contribution in [2.75, 3.05) is 18.8 Å². The van der Waals surface area contributed by atoms with Crippen molar-refractivity contribution in [3.8, 4) is 0 Å². The van der Waals surface area contributed by atoms with Crippen LogP contribution in [0.5, 0.6) is 0 Å². The Balaban J connectivity index is 1.45. The standard InChI is InChI=1S/C17H22N4O4S/c22-15-5-1-6-16(23)21(15)12-13-26(24,25)19-9-3-10-20-11-7-14-4-2-8-18-17(14)20/h2,4,7-8,11,19H,1,3,5-6,9-10,12-13H2. The van der Waals surface area contributed by atoms with E-state index >= 15 is 0 Å². The van der Waals surface area contributed by atoms with Crippen molar-refractivity contribution in [2.24, 2.45) is 0 Å². The van der Waals surface area contributed by atoms with Crippen LogP contribution in [0.2, 0.25) is 0 Å². The molecule has 2 aromatic heterocycles. The molecule has 0 saturated carbocycles. The number of fused-ring (bicyclic) bond motifs is 1. The summed E-state index contributed by atoms with van der Waals surface area (Å²) in [5.74, 6) is -0.842. The Morgan fingerprint density at radius 1 is 1.12 bits per heavy atom. The Hall–Kier alpha value is -2.26. The number of nitrogens with zero attached hydrogens (tertiary/aromatic N) is 3. The first-order valence-electron chi connectivity index (χ1n) is 8.67. The summed E-state index contributed by atoms with van der Waals surface area (Å²) >= 11 is 0. The average Bonchev–Trinajstić information content (AvgIpc) is 3.01. The summed E-state index contributed by atoms with van der Waals surface area (Å²) in [7, 11) is -3.53. The van der Waals surface area contributed by atoms with E-state index in [1.807, 2.05) is 29.0 Å². The third-order valence-corrected chi connectivity index (χ3v) is 5.75. The van der Waals surface area contributed by atoms with Gasteiger partial charge in [-0.3, -0.25) is 14.5 Å². The minimum atomic E-state index is -3.53. The van der Waals surface area contributed by atoms with Crippen LogP contribution in [0.15, 0.2) is 30.6 Å². The molecule has 3 rings (SSSR count). The summed E-state index contributed by atoms with van der Waals surface area (Å²) in [6, 6.07) is 5.82. The second kappa shape index (κ2) is 7.96. The van der Waals surface area contributed by atoms with Crippen molar-refractivity contribution < 1.29 is 18.0 Å². The van der Waals surface area contributed by atoms with Crippen LogP contribution in [0.3, 0.4) is 0 Å². The Morgan fingerprint density at radius 3 is 2.65 bits per heavy atom. The van der Waals surface area contributed by atoms with Crippen molar-refractivity contribution in [1.82, 2.24) is 19.2 Å². The largest absolute Gasteiger partial charge is 0.332 e. The molecule has 1 aliphatic heterocycles. The zero-order chi connectivity index (χ0) is 18.6. The number of likely N-dealkylation sites (tertiary alicyclic amines) is 1. The van der Waals surface area contributed by atoms with Crippen molar-refractivity contribution in [3.05, 3.63) is 30.6 Å². The predicted octanol–water partition coefficient (Wildman–Crippen LogP) is 0.885. The molecule has 0 bridgehead atoms. The lowest BCUT2D eigenvalue weighted by Gasteiger charge is -2.24. The van der Waals surface area contributed by atoms with Gasteiger partial charge in [0.25, 0.3) is 0 Å². The highest BCUT2D eigenvalue weighted by Gasteiger charge is 2.27. The fraction of sp³-hybridized carbons (Fsp3) is 0.471. The van der Waals surface area contributed by atoms with Gasteiger partial charge in [0, 0.05) is 50.3 Å². The first kappa shape index (κ1) is 18.5. The molecule has 0 aliphatic carbocycles. The summed E-state index contributed by atoms with van der Waals surface area (Å²) in [5.41, 5.74) is 0.873. The highest BCUT2D eigenvalue weighted by Crippen LogP contribution is 2.13. The highest BCUT2D eigenvalue weighted by molar-refractivity contribution is 7.89. The lowest BCUT2D eigenvalue weighted by atomic mass is 10.1. The molecule has 3 heterocycles. The number of piperidine rings is 1. The first-order valence-corrected chi connectivity index (χ1v) is 10.3. The maximum absolute atomic E-state index is 12.1. The van der Waals surface area contributed by atoms with Crippen molar-refractivity contribution >= 4 is 32.9 Å². The van der Waals surface area contributed by atoms with E-state index in [2.05, 4.69) is 9.71 Å². The summed E-state index contributed by atoms with van der Waals surface area (Å²) in [5, 5.41) is 1.05. The molecule has 140 valence electrons. The van der Waals surface area contributed by atoms with Gasteiger partial charge in [0.1, 0.15) is 5.65 Å². The average molecular weight is 378 g/mol. The van der Waals surface area contributed by atoms with Crippen LogP contribution in [0.25, 0.3) is 11.0 Å². The number of rotatable bonds is 8. The van der Waals surface area contributed by atoms with E-state index in [1.165, 1.54) is 0 Å².